The first-order valence-electron chi connectivity index (χ1n) is 10.0. The van der Waals surface area contributed by atoms with Crippen LogP contribution in [-0.2, 0) is 22.9 Å². The maximum absolute atomic E-state index is 12.7. The summed E-state index contributed by atoms with van der Waals surface area (Å²) in [5, 5.41) is 0. The lowest BCUT2D eigenvalue weighted by Gasteiger charge is -2.15. The van der Waals surface area contributed by atoms with Gasteiger partial charge in [-0.1, -0.05) is 26.0 Å². The topological polar surface area (TPSA) is 70.2 Å². The Morgan fingerprint density at radius 2 is 1.75 bits per heavy atom. The van der Waals surface area contributed by atoms with Crippen LogP contribution < -0.4 is 0 Å². The molecule has 1 aliphatic rings. The molecule has 2 heterocycles. The van der Waals surface area contributed by atoms with Gasteiger partial charge in [0.05, 0.1) is 4.90 Å². The number of carbonyl (C=O) groups is 1. The van der Waals surface area contributed by atoms with Crippen molar-refractivity contribution in [3.8, 4) is 0 Å². The molecule has 0 unspecified atom stereocenters. The van der Waals surface area contributed by atoms with E-state index in [4.69, 9.17) is 0 Å². The molecule has 1 fully saturated rings. The highest BCUT2D eigenvalue weighted by atomic mass is 32.2. The summed E-state index contributed by atoms with van der Waals surface area (Å²) in [6.45, 7) is 9.10. The molecule has 5 nitrogen and oxygen atoms in total. The van der Waals surface area contributed by atoms with Crippen LogP contribution in [0.15, 0.2) is 29.2 Å². The Kier molecular flexibility index (Phi) is 6.10. The Bertz CT molecular complexity index is 950. The molecule has 152 valence electrons. The van der Waals surface area contributed by atoms with Crippen LogP contribution in [0.3, 0.4) is 0 Å². The number of sulfonamides is 1. The van der Waals surface area contributed by atoms with Crippen molar-refractivity contribution in [2.75, 3.05) is 13.1 Å². The second-order valence-electron chi connectivity index (χ2n) is 8.17. The molecular formula is C22H30N2O3S. The van der Waals surface area contributed by atoms with E-state index < -0.39 is 10.0 Å². The number of nitrogens with zero attached hydrogens (tertiary/aromatic N) is 1. The number of hydrogen-bond acceptors (Lipinski definition) is 3. The minimum absolute atomic E-state index is 0.0724. The largest absolute Gasteiger partial charge is 0.362 e. The fraction of sp³-hybridized carbons (Fsp3) is 0.500. The molecule has 0 amide bonds. The second-order valence-corrected chi connectivity index (χ2v) is 10.1. The van der Waals surface area contributed by atoms with Crippen LogP contribution in [0.4, 0.5) is 0 Å². The summed E-state index contributed by atoms with van der Waals surface area (Å²) in [5.41, 5.74) is 4.82. The molecule has 0 aliphatic carbocycles. The molecule has 3 rings (SSSR count). The van der Waals surface area contributed by atoms with Crippen molar-refractivity contribution >= 4 is 15.8 Å². The zero-order valence-electron chi connectivity index (χ0n) is 17.2. The van der Waals surface area contributed by atoms with Gasteiger partial charge in [0.2, 0.25) is 10.0 Å². The SMILES string of the molecule is CC(=O)c1c(CC(C)C)[nH]c(C)c1Cc1ccc(S(=O)(=O)N2CCCC2)cc1. The summed E-state index contributed by atoms with van der Waals surface area (Å²) in [6, 6.07) is 7.10. The summed E-state index contributed by atoms with van der Waals surface area (Å²) in [6.07, 6.45) is 3.30. The van der Waals surface area contributed by atoms with Crippen LogP contribution in [0.1, 0.15) is 66.5 Å². The molecule has 0 atom stereocenters. The highest BCUT2D eigenvalue weighted by Crippen LogP contribution is 2.26. The lowest BCUT2D eigenvalue weighted by molar-refractivity contribution is 0.101. The second kappa shape index (κ2) is 8.21. The molecule has 6 heteroatoms. The van der Waals surface area contributed by atoms with E-state index in [1.807, 2.05) is 19.1 Å². The van der Waals surface area contributed by atoms with Crippen LogP contribution in [0.25, 0.3) is 0 Å². The highest BCUT2D eigenvalue weighted by Gasteiger charge is 2.27. The van der Waals surface area contributed by atoms with Gasteiger partial charge in [0, 0.05) is 30.0 Å². The number of hydrogen-bond donors (Lipinski definition) is 1. The maximum atomic E-state index is 12.7. The fourth-order valence-electron chi connectivity index (χ4n) is 4.00. The zero-order chi connectivity index (χ0) is 20.5. The Morgan fingerprint density at radius 3 is 2.29 bits per heavy atom. The van der Waals surface area contributed by atoms with E-state index in [0.717, 1.165) is 47.3 Å². The first-order valence-corrected chi connectivity index (χ1v) is 11.4. The number of H-pyrrole nitrogens is 1. The molecule has 0 saturated carbocycles. The van der Waals surface area contributed by atoms with Gasteiger partial charge in [0.1, 0.15) is 0 Å². The first kappa shape index (κ1) is 20.8. The maximum Gasteiger partial charge on any atom is 0.243 e. The van der Waals surface area contributed by atoms with Crippen molar-refractivity contribution in [1.29, 1.82) is 0 Å². The van der Waals surface area contributed by atoms with Crippen LogP contribution in [0.5, 0.6) is 0 Å². The van der Waals surface area contributed by atoms with Crippen molar-refractivity contribution in [2.45, 2.75) is 58.3 Å². The molecule has 1 aromatic heterocycles. The van der Waals surface area contributed by atoms with Gasteiger partial charge in [-0.3, -0.25) is 4.79 Å². The average Bonchev–Trinajstić information content (AvgIpc) is 3.24. The predicted octanol–water partition coefficient (Wildman–Crippen LogP) is 4.10. The monoisotopic (exact) mass is 402 g/mol. The van der Waals surface area contributed by atoms with Crippen molar-refractivity contribution in [2.24, 2.45) is 5.92 Å². The lowest BCUT2D eigenvalue weighted by Crippen LogP contribution is -2.27. The smallest absolute Gasteiger partial charge is 0.243 e. The molecule has 0 bridgehead atoms. The molecular weight excluding hydrogens is 372 g/mol. The Balaban J connectivity index is 1.86. The number of rotatable bonds is 7. The Morgan fingerprint density at radius 1 is 1.14 bits per heavy atom. The number of benzene rings is 1. The minimum atomic E-state index is -3.39. The minimum Gasteiger partial charge on any atom is -0.362 e. The number of aromatic amines is 1. The molecule has 28 heavy (non-hydrogen) atoms. The van der Waals surface area contributed by atoms with Gasteiger partial charge >= 0.3 is 0 Å². The summed E-state index contributed by atoms with van der Waals surface area (Å²) >= 11 is 0. The van der Waals surface area contributed by atoms with Gasteiger partial charge in [-0.25, -0.2) is 8.42 Å². The van der Waals surface area contributed by atoms with E-state index in [0.29, 0.717) is 30.3 Å². The fourth-order valence-corrected chi connectivity index (χ4v) is 5.52. The summed E-state index contributed by atoms with van der Waals surface area (Å²) in [4.78, 5) is 16.0. The summed E-state index contributed by atoms with van der Waals surface area (Å²) in [7, 11) is -3.39. The molecule has 1 saturated heterocycles. The van der Waals surface area contributed by atoms with Gasteiger partial charge in [0.25, 0.3) is 0 Å². The van der Waals surface area contributed by atoms with Crippen LogP contribution in [0.2, 0.25) is 0 Å². The van der Waals surface area contributed by atoms with Gasteiger partial charge in [0.15, 0.2) is 5.78 Å². The van der Waals surface area contributed by atoms with E-state index in [1.165, 1.54) is 0 Å². The van der Waals surface area contributed by atoms with Crippen molar-refractivity contribution in [1.82, 2.24) is 9.29 Å². The normalized spacial score (nSPS) is 15.5. The van der Waals surface area contributed by atoms with Crippen molar-refractivity contribution in [3.05, 3.63) is 52.3 Å². The summed E-state index contributed by atoms with van der Waals surface area (Å²) in [5.74, 6) is 0.530. The molecule has 1 aliphatic heterocycles. The van der Waals surface area contributed by atoms with Gasteiger partial charge in [-0.05, 0) is 68.7 Å². The Hall–Kier alpha value is -1.92. The third kappa shape index (κ3) is 4.23. The third-order valence-electron chi connectivity index (χ3n) is 5.37. The first-order chi connectivity index (χ1) is 13.2. The zero-order valence-corrected chi connectivity index (χ0v) is 18.0. The van der Waals surface area contributed by atoms with Gasteiger partial charge in [-0.15, -0.1) is 0 Å². The van der Waals surface area contributed by atoms with E-state index in [1.54, 1.807) is 23.4 Å². The molecule has 1 aromatic carbocycles. The quantitative estimate of drug-likeness (QED) is 0.709. The van der Waals surface area contributed by atoms with Gasteiger partial charge in [-0.2, -0.15) is 4.31 Å². The van der Waals surface area contributed by atoms with E-state index in [-0.39, 0.29) is 5.78 Å². The number of aromatic nitrogens is 1. The molecule has 2 aromatic rings. The molecule has 1 N–H and O–H groups in total. The predicted molar refractivity (Wildman–Crippen MR) is 111 cm³/mol. The average molecular weight is 403 g/mol. The number of carbonyl (C=O) groups excluding carboxylic acids is 1. The summed E-state index contributed by atoms with van der Waals surface area (Å²) < 4.78 is 26.9. The van der Waals surface area contributed by atoms with Crippen LogP contribution in [-0.4, -0.2) is 36.6 Å². The van der Waals surface area contributed by atoms with E-state index >= 15 is 0 Å². The van der Waals surface area contributed by atoms with Crippen LogP contribution in [0, 0.1) is 12.8 Å². The van der Waals surface area contributed by atoms with Gasteiger partial charge < -0.3 is 4.98 Å². The number of aryl methyl sites for hydroxylation is 1. The van der Waals surface area contributed by atoms with Crippen molar-refractivity contribution < 1.29 is 13.2 Å². The third-order valence-corrected chi connectivity index (χ3v) is 7.28. The highest BCUT2D eigenvalue weighted by molar-refractivity contribution is 7.89. The number of Topliss-reactive ketones (excluding diaryl/α,β-unsaturated/α-hetero) is 1. The Labute approximate surface area is 168 Å². The number of nitrogens with one attached hydrogen (secondary N) is 1. The van der Waals surface area contributed by atoms with Crippen LogP contribution >= 0.6 is 0 Å². The van der Waals surface area contributed by atoms with Crippen molar-refractivity contribution in [3.63, 3.8) is 0 Å². The van der Waals surface area contributed by atoms with E-state index in [2.05, 4.69) is 18.8 Å². The molecule has 0 radical (unpaired) electrons. The molecule has 0 spiro atoms. The lowest BCUT2D eigenvalue weighted by atomic mass is 9.96. The standard InChI is InChI=1S/C22H30N2O3S/c1-15(2)13-21-22(17(4)25)20(16(3)23-21)14-18-7-9-19(10-8-18)28(26,27)24-11-5-6-12-24/h7-10,15,23H,5-6,11-14H2,1-4H3. The number of ketones is 1. The van der Waals surface area contributed by atoms with E-state index in [9.17, 15) is 13.2 Å².